The van der Waals surface area contributed by atoms with Crippen molar-refractivity contribution in [2.24, 2.45) is 0 Å². The Morgan fingerprint density at radius 2 is 1.65 bits per heavy atom. The van der Waals surface area contributed by atoms with Crippen molar-refractivity contribution < 1.29 is 22.4 Å². The maximum absolute atomic E-state index is 13.0. The first-order valence-corrected chi connectivity index (χ1v) is 12.9. The van der Waals surface area contributed by atoms with Crippen LogP contribution in [0.5, 0.6) is 0 Å². The van der Waals surface area contributed by atoms with E-state index in [1.165, 1.54) is 4.31 Å². The first-order chi connectivity index (χ1) is 16.4. The van der Waals surface area contributed by atoms with Crippen LogP contribution >= 0.6 is 0 Å². The van der Waals surface area contributed by atoms with Crippen LogP contribution in [-0.4, -0.2) is 44.9 Å². The van der Waals surface area contributed by atoms with Crippen molar-refractivity contribution in [3.8, 4) is 0 Å². The van der Waals surface area contributed by atoms with Crippen molar-refractivity contribution in [1.82, 2.24) is 9.62 Å². The van der Waals surface area contributed by atoms with Gasteiger partial charge in [-0.1, -0.05) is 60.7 Å². The number of benzene rings is 3. The molecule has 176 valence electrons. The maximum atomic E-state index is 13.0. The second-order valence-corrected chi connectivity index (χ2v) is 10.4. The third-order valence-electron chi connectivity index (χ3n) is 6.29. The number of fused-ring (bicyclic) bond motifs is 3. The molecule has 1 aliphatic heterocycles. The Morgan fingerprint density at radius 1 is 0.941 bits per heavy atom. The minimum absolute atomic E-state index is 0.116. The van der Waals surface area contributed by atoms with E-state index in [1.54, 1.807) is 6.07 Å². The van der Waals surface area contributed by atoms with Crippen LogP contribution in [0.3, 0.4) is 0 Å². The molecule has 1 amide bonds. The lowest BCUT2D eigenvalue weighted by atomic mass is 10.1. The summed E-state index contributed by atoms with van der Waals surface area (Å²) in [5.41, 5.74) is 2.90. The van der Waals surface area contributed by atoms with Gasteiger partial charge in [0.1, 0.15) is 5.58 Å². The molecule has 1 aliphatic rings. The van der Waals surface area contributed by atoms with Crippen molar-refractivity contribution in [2.45, 2.75) is 19.2 Å². The van der Waals surface area contributed by atoms with Crippen molar-refractivity contribution in [2.75, 3.05) is 26.3 Å². The van der Waals surface area contributed by atoms with Crippen molar-refractivity contribution in [1.29, 1.82) is 0 Å². The minimum Gasteiger partial charge on any atom is -0.450 e. The lowest BCUT2D eigenvalue weighted by Gasteiger charge is -2.26. The largest absolute Gasteiger partial charge is 0.450 e. The molecule has 1 N–H and O–H groups in total. The van der Waals surface area contributed by atoms with E-state index >= 15 is 0 Å². The topological polar surface area (TPSA) is 88.9 Å². The van der Waals surface area contributed by atoms with E-state index in [4.69, 9.17) is 9.15 Å². The molecule has 1 fully saturated rings. The molecule has 1 aromatic heterocycles. The molecule has 0 aliphatic carbocycles. The number of morpholine rings is 1. The van der Waals surface area contributed by atoms with Crippen molar-refractivity contribution in [3.63, 3.8) is 0 Å². The molecule has 3 aromatic carbocycles. The van der Waals surface area contributed by atoms with Gasteiger partial charge >= 0.3 is 0 Å². The summed E-state index contributed by atoms with van der Waals surface area (Å²) < 4.78 is 38.5. The molecule has 0 atom stereocenters. The van der Waals surface area contributed by atoms with E-state index in [9.17, 15) is 13.2 Å². The number of sulfonamides is 1. The highest BCUT2D eigenvalue weighted by Gasteiger charge is 2.26. The summed E-state index contributed by atoms with van der Waals surface area (Å²) >= 11 is 0. The number of aryl methyl sites for hydroxylation is 1. The molecule has 0 radical (unpaired) electrons. The van der Waals surface area contributed by atoms with Crippen LogP contribution in [0.1, 0.15) is 27.2 Å². The molecule has 0 saturated carbocycles. The van der Waals surface area contributed by atoms with Crippen LogP contribution < -0.4 is 5.32 Å². The van der Waals surface area contributed by atoms with Gasteiger partial charge in [0.05, 0.1) is 19.0 Å². The minimum atomic E-state index is -3.47. The van der Waals surface area contributed by atoms with Gasteiger partial charge in [0.25, 0.3) is 5.91 Å². The monoisotopic (exact) mass is 478 g/mol. The van der Waals surface area contributed by atoms with Gasteiger partial charge in [-0.3, -0.25) is 4.79 Å². The smallest absolute Gasteiger partial charge is 0.287 e. The molecule has 0 spiro atoms. The quantitative estimate of drug-likeness (QED) is 0.453. The molecule has 0 unspecified atom stereocenters. The summed E-state index contributed by atoms with van der Waals surface area (Å²) in [6.45, 7) is 3.61. The molecule has 8 heteroatoms. The van der Waals surface area contributed by atoms with E-state index in [2.05, 4.69) is 5.32 Å². The number of ether oxygens (including phenoxy) is 1. The molecule has 7 nitrogen and oxygen atoms in total. The number of nitrogens with zero attached hydrogens (tertiary/aromatic N) is 1. The lowest BCUT2D eigenvalue weighted by Crippen LogP contribution is -2.41. The van der Waals surface area contributed by atoms with E-state index in [0.29, 0.717) is 37.4 Å². The number of furan rings is 1. The highest BCUT2D eigenvalue weighted by atomic mass is 32.2. The summed E-state index contributed by atoms with van der Waals surface area (Å²) in [5.74, 6) is -0.178. The number of hydrogen-bond donors (Lipinski definition) is 1. The number of amides is 1. The second kappa shape index (κ2) is 9.21. The van der Waals surface area contributed by atoms with Gasteiger partial charge in [-0.25, -0.2) is 8.42 Å². The van der Waals surface area contributed by atoms with Gasteiger partial charge in [-0.2, -0.15) is 4.31 Å². The SMILES string of the molecule is Cc1c(C(=O)NCc2ccccc2CS(=O)(=O)N2CCOCC2)oc2c1ccc1ccccc12. The molecule has 2 heterocycles. The number of carbonyl (C=O) groups excluding carboxylic acids is 1. The van der Waals surface area contributed by atoms with Crippen LogP contribution in [0.25, 0.3) is 21.7 Å². The van der Waals surface area contributed by atoms with Gasteiger partial charge < -0.3 is 14.5 Å². The predicted octanol–water partition coefficient (Wildman–Crippen LogP) is 3.99. The van der Waals surface area contributed by atoms with Crippen molar-refractivity contribution in [3.05, 3.63) is 83.1 Å². The van der Waals surface area contributed by atoms with Gasteiger partial charge in [-0.15, -0.1) is 0 Å². The van der Waals surface area contributed by atoms with Gasteiger partial charge in [-0.05, 0) is 23.4 Å². The average molecular weight is 479 g/mol. The van der Waals surface area contributed by atoms with Gasteiger partial charge in [0, 0.05) is 36.0 Å². The highest BCUT2D eigenvalue weighted by Crippen LogP contribution is 2.31. The summed E-state index contributed by atoms with van der Waals surface area (Å²) in [6.07, 6.45) is 0. The number of nitrogens with one attached hydrogen (secondary N) is 1. The van der Waals surface area contributed by atoms with E-state index in [0.717, 1.165) is 27.3 Å². The second-order valence-electron chi connectivity index (χ2n) is 8.44. The van der Waals surface area contributed by atoms with E-state index in [-0.39, 0.29) is 24.0 Å². The van der Waals surface area contributed by atoms with Crippen LogP contribution in [0.4, 0.5) is 0 Å². The first-order valence-electron chi connectivity index (χ1n) is 11.3. The molecule has 34 heavy (non-hydrogen) atoms. The zero-order chi connectivity index (χ0) is 23.7. The first kappa shape index (κ1) is 22.6. The zero-order valence-corrected chi connectivity index (χ0v) is 19.7. The Labute approximate surface area is 198 Å². The number of rotatable bonds is 6. The summed E-state index contributed by atoms with van der Waals surface area (Å²) in [5, 5.41) is 5.82. The Balaban J connectivity index is 1.36. The Hall–Kier alpha value is -3.20. The fourth-order valence-corrected chi connectivity index (χ4v) is 5.97. The van der Waals surface area contributed by atoms with Gasteiger partial charge in [0.15, 0.2) is 5.76 Å². The summed E-state index contributed by atoms with van der Waals surface area (Å²) in [6, 6.07) is 19.2. The summed E-state index contributed by atoms with van der Waals surface area (Å²) in [4.78, 5) is 13.0. The third kappa shape index (κ3) is 4.32. The van der Waals surface area contributed by atoms with Crippen molar-refractivity contribution >= 4 is 37.7 Å². The number of carbonyl (C=O) groups is 1. The lowest BCUT2D eigenvalue weighted by molar-refractivity contribution is 0.0729. The third-order valence-corrected chi connectivity index (χ3v) is 8.12. The molecule has 1 saturated heterocycles. The van der Waals surface area contributed by atoms with Crippen LogP contribution in [0, 0.1) is 6.92 Å². The normalized spacial score (nSPS) is 15.1. The fourth-order valence-electron chi connectivity index (χ4n) is 4.40. The highest BCUT2D eigenvalue weighted by molar-refractivity contribution is 7.88. The summed E-state index contributed by atoms with van der Waals surface area (Å²) in [7, 11) is -3.47. The fraction of sp³-hybridized carbons (Fsp3) is 0.269. The molecule has 0 bridgehead atoms. The van der Waals surface area contributed by atoms with Gasteiger partial charge in [0.2, 0.25) is 10.0 Å². The Bertz CT molecular complexity index is 1470. The number of hydrogen-bond acceptors (Lipinski definition) is 5. The van der Waals surface area contributed by atoms with E-state index in [1.807, 2.05) is 61.5 Å². The molecular weight excluding hydrogens is 452 g/mol. The van der Waals surface area contributed by atoms with Crippen LogP contribution in [0.2, 0.25) is 0 Å². The standard InChI is InChI=1S/C26H26N2O5S/c1-18-22-11-10-19-6-4-5-9-23(19)25(22)33-24(18)26(29)27-16-20-7-2-3-8-21(20)17-34(30,31)28-12-14-32-15-13-28/h2-11H,12-17H2,1H3,(H,27,29). The Kier molecular flexibility index (Phi) is 6.12. The zero-order valence-electron chi connectivity index (χ0n) is 18.9. The molecule has 4 aromatic rings. The maximum Gasteiger partial charge on any atom is 0.287 e. The molecular formula is C26H26N2O5S. The Morgan fingerprint density at radius 3 is 2.44 bits per heavy atom. The van der Waals surface area contributed by atoms with E-state index < -0.39 is 10.0 Å². The molecule has 5 rings (SSSR count). The van der Waals surface area contributed by atoms with Crippen LogP contribution in [0.15, 0.2) is 65.1 Å². The van der Waals surface area contributed by atoms with Crippen LogP contribution in [-0.2, 0) is 27.1 Å². The predicted molar refractivity (Wildman–Crippen MR) is 131 cm³/mol. The average Bonchev–Trinajstić information content (AvgIpc) is 3.20.